The van der Waals surface area contributed by atoms with Gasteiger partial charge in [-0.25, -0.2) is 0 Å². The lowest BCUT2D eigenvalue weighted by molar-refractivity contribution is 0.0501. The minimum Gasteiger partial charge on any atom is -0.390 e. The van der Waals surface area contributed by atoms with Gasteiger partial charge in [0.25, 0.3) is 0 Å². The third-order valence-electron chi connectivity index (χ3n) is 3.59. The second-order valence-electron chi connectivity index (χ2n) is 5.43. The van der Waals surface area contributed by atoms with Crippen molar-refractivity contribution in [2.75, 3.05) is 11.5 Å². The van der Waals surface area contributed by atoms with Crippen LogP contribution in [0.25, 0.3) is 0 Å². The van der Waals surface area contributed by atoms with E-state index in [1.807, 2.05) is 18.2 Å². The summed E-state index contributed by atoms with van der Waals surface area (Å²) in [5, 5.41) is 23.0. The maximum atomic E-state index is 9.88. The third-order valence-corrected chi connectivity index (χ3v) is 5.75. The van der Waals surface area contributed by atoms with Crippen molar-refractivity contribution in [3.8, 4) is 0 Å². The van der Waals surface area contributed by atoms with Gasteiger partial charge in [-0.05, 0) is 19.4 Å². The highest BCUT2D eigenvalue weighted by Gasteiger charge is 2.62. The standard InChI is InChI=1S/C14H21NO2S2/c1-13(2)14(15-13,10-6-4-3-5-7-10)19-9-12(17)11(16)8-18/h3-7,11-12,15-18H,8-9H2,1-2H3. The molecule has 3 nitrogen and oxygen atoms in total. The van der Waals surface area contributed by atoms with Gasteiger partial charge in [-0.3, -0.25) is 5.32 Å². The van der Waals surface area contributed by atoms with Gasteiger partial charge in [-0.15, -0.1) is 11.8 Å². The monoisotopic (exact) mass is 299 g/mol. The molecule has 2 rings (SSSR count). The molecule has 1 aliphatic rings. The maximum Gasteiger partial charge on any atom is 0.109 e. The van der Waals surface area contributed by atoms with Gasteiger partial charge >= 0.3 is 0 Å². The SMILES string of the molecule is CC1(C)NC1(SCC(O)C(O)CS)c1ccccc1. The zero-order chi connectivity index (χ0) is 14.1. The quantitative estimate of drug-likeness (QED) is 0.476. The van der Waals surface area contributed by atoms with Crippen LogP contribution in [-0.4, -0.2) is 39.5 Å². The summed E-state index contributed by atoms with van der Waals surface area (Å²) in [6.07, 6.45) is -1.52. The van der Waals surface area contributed by atoms with E-state index < -0.39 is 12.2 Å². The van der Waals surface area contributed by atoms with Crippen molar-refractivity contribution < 1.29 is 10.2 Å². The van der Waals surface area contributed by atoms with Crippen molar-refractivity contribution in [2.24, 2.45) is 0 Å². The average Bonchev–Trinajstić information content (AvgIpc) is 2.99. The van der Waals surface area contributed by atoms with Crippen LogP contribution in [0.5, 0.6) is 0 Å². The van der Waals surface area contributed by atoms with Crippen molar-refractivity contribution in [3.63, 3.8) is 0 Å². The number of aliphatic hydroxyl groups is 2. The molecular formula is C14H21NO2S2. The molecule has 1 aromatic rings. The third kappa shape index (κ3) is 2.95. The number of aliphatic hydroxyl groups excluding tert-OH is 2. The molecule has 0 aromatic heterocycles. The minimum absolute atomic E-state index is 0.00927. The fraction of sp³-hybridized carbons (Fsp3) is 0.571. The molecule has 0 saturated carbocycles. The number of thioether (sulfide) groups is 1. The van der Waals surface area contributed by atoms with Crippen LogP contribution in [0.2, 0.25) is 0 Å². The van der Waals surface area contributed by atoms with Crippen molar-refractivity contribution in [1.29, 1.82) is 0 Å². The Hall–Kier alpha value is -0.200. The molecule has 5 heteroatoms. The van der Waals surface area contributed by atoms with Crippen LogP contribution in [0.15, 0.2) is 30.3 Å². The van der Waals surface area contributed by atoms with Crippen molar-refractivity contribution in [2.45, 2.75) is 36.5 Å². The van der Waals surface area contributed by atoms with E-state index in [0.717, 1.165) is 0 Å². The van der Waals surface area contributed by atoms with E-state index in [4.69, 9.17) is 0 Å². The molecular weight excluding hydrogens is 278 g/mol. The summed E-state index contributed by atoms with van der Waals surface area (Å²) >= 11 is 5.65. The lowest BCUT2D eigenvalue weighted by atomic mass is 10.0. The Balaban J connectivity index is 2.07. The molecule has 0 bridgehead atoms. The highest BCUT2D eigenvalue weighted by Crippen LogP contribution is 2.55. The van der Waals surface area contributed by atoms with E-state index in [9.17, 15) is 10.2 Å². The molecule has 1 aromatic carbocycles. The van der Waals surface area contributed by atoms with E-state index in [0.29, 0.717) is 5.75 Å². The van der Waals surface area contributed by atoms with Crippen LogP contribution >= 0.6 is 24.4 Å². The molecule has 0 spiro atoms. The molecule has 106 valence electrons. The predicted octanol–water partition coefficient (Wildman–Crippen LogP) is 1.61. The predicted molar refractivity (Wildman–Crippen MR) is 83.7 cm³/mol. The van der Waals surface area contributed by atoms with Crippen LogP contribution in [0.4, 0.5) is 0 Å². The molecule has 3 unspecified atom stereocenters. The number of benzene rings is 1. The highest BCUT2D eigenvalue weighted by atomic mass is 32.2. The van der Waals surface area contributed by atoms with Gasteiger partial charge in [0.2, 0.25) is 0 Å². The summed E-state index contributed by atoms with van der Waals surface area (Å²) in [5.41, 5.74) is 1.20. The van der Waals surface area contributed by atoms with E-state index in [-0.39, 0.29) is 16.2 Å². The average molecular weight is 299 g/mol. The van der Waals surface area contributed by atoms with Gasteiger partial charge < -0.3 is 10.2 Å². The molecule has 0 radical (unpaired) electrons. The Morgan fingerprint density at radius 3 is 2.26 bits per heavy atom. The molecule has 1 heterocycles. The first-order valence-corrected chi connectivity index (χ1v) is 8.00. The van der Waals surface area contributed by atoms with E-state index in [1.54, 1.807) is 11.8 Å². The molecule has 19 heavy (non-hydrogen) atoms. The first kappa shape index (κ1) is 15.2. The van der Waals surface area contributed by atoms with Crippen molar-refractivity contribution >= 4 is 24.4 Å². The number of rotatable bonds is 6. The summed E-state index contributed by atoms with van der Waals surface area (Å²) in [7, 11) is 0. The maximum absolute atomic E-state index is 9.88. The fourth-order valence-electron chi connectivity index (χ4n) is 2.26. The number of hydrogen-bond donors (Lipinski definition) is 4. The molecule has 1 fully saturated rings. The lowest BCUT2D eigenvalue weighted by Gasteiger charge is -2.21. The van der Waals surface area contributed by atoms with E-state index in [1.165, 1.54) is 5.56 Å². The van der Waals surface area contributed by atoms with Crippen LogP contribution < -0.4 is 5.32 Å². The second-order valence-corrected chi connectivity index (χ2v) is 7.03. The Labute approximate surface area is 124 Å². The molecule has 1 aliphatic heterocycles. The topological polar surface area (TPSA) is 62.4 Å². The molecule has 0 amide bonds. The van der Waals surface area contributed by atoms with Gasteiger partial charge in [-0.1, -0.05) is 30.3 Å². The molecule has 0 aliphatic carbocycles. The number of nitrogens with one attached hydrogen (secondary N) is 1. The van der Waals surface area contributed by atoms with Crippen molar-refractivity contribution in [3.05, 3.63) is 35.9 Å². The van der Waals surface area contributed by atoms with E-state index >= 15 is 0 Å². The van der Waals surface area contributed by atoms with Crippen LogP contribution in [0.3, 0.4) is 0 Å². The largest absolute Gasteiger partial charge is 0.390 e. The summed E-state index contributed by atoms with van der Waals surface area (Å²) in [4.78, 5) is -0.175. The Kier molecular flexibility index (Phi) is 4.52. The summed E-state index contributed by atoms with van der Waals surface area (Å²) in [6.45, 7) is 4.29. The summed E-state index contributed by atoms with van der Waals surface area (Å²) in [5.74, 6) is 0.754. The summed E-state index contributed by atoms with van der Waals surface area (Å²) < 4.78 is 0. The van der Waals surface area contributed by atoms with Gasteiger partial charge in [0.1, 0.15) is 4.87 Å². The van der Waals surface area contributed by atoms with Gasteiger partial charge in [0, 0.05) is 17.0 Å². The van der Waals surface area contributed by atoms with Gasteiger partial charge in [0.15, 0.2) is 0 Å². The lowest BCUT2D eigenvalue weighted by Crippen LogP contribution is -2.31. The zero-order valence-electron chi connectivity index (χ0n) is 11.2. The number of thiol groups is 1. The minimum atomic E-state index is -0.773. The number of hydrogen-bond acceptors (Lipinski definition) is 5. The van der Waals surface area contributed by atoms with Crippen molar-refractivity contribution in [1.82, 2.24) is 5.32 Å². The Morgan fingerprint density at radius 2 is 1.79 bits per heavy atom. The first-order valence-electron chi connectivity index (χ1n) is 6.39. The van der Waals surface area contributed by atoms with Crippen LogP contribution in [-0.2, 0) is 4.87 Å². The van der Waals surface area contributed by atoms with Gasteiger partial charge in [0.05, 0.1) is 12.2 Å². The molecule has 3 N–H and O–H groups in total. The Morgan fingerprint density at radius 1 is 1.21 bits per heavy atom. The smallest absolute Gasteiger partial charge is 0.109 e. The van der Waals surface area contributed by atoms with Crippen LogP contribution in [0, 0.1) is 0 Å². The summed E-state index contributed by atoms with van der Waals surface area (Å²) in [6, 6.07) is 10.2. The van der Waals surface area contributed by atoms with Gasteiger partial charge in [-0.2, -0.15) is 12.6 Å². The molecule has 3 atom stereocenters. The Bertz CT molecular complexity index is 427. The second kappa shape index (κ2) is 5.66. The van der Waals surface area contributed by atoms with Crippen LogP contribution in [0.1, 0.15) is 19.4 Å². The highest BCUT2D eigenvalue weighted by molar-refractivity contribution is 8.00. The fourth-order valence-corrected chi connectivity index (χ4v) is 4.13. The zero-order valence-corrected chi connectivity index (χ0v) is 12.9. The first-order chi connectivity index (χ1) is 8.93. The van der Waals surface area contributed by atoms with E-state index in [2.05, 4.69) is 43.9 Å². The normalized spacial score (nSPS) is 27.8. The molecule has 1 saturated heterocycles.